The fraction of sp³-hybridized carbons (Fsp3) is 0.424. The van der Waals surface area contributed by atoms with Gasteiger partial charge < -0.3 is 133 Å². The lowest BCUT2D eigenvalue weighted by molar-refractivity contribution is -0.333. The van der Waals surface area contributed by atoms with Gasteiger partial charge in [-0.3, -0.25) is 33.6 Å². The number of carbonyl (C=O) groups excluding carboxylic acids is 7. The summed E-state index contributed by atoms with van der Waals surface area (Å²) in [7, 11) is 1.36. The summed E-state index contributed by atoms with van der Waals surface area (Å²) in [6.07, 6.45) is -19.3. The number of aliphatic carboxylic acids is 1. The molecule has 34 nitrogen and oxygen atoms in total. The van der Waals surface area contributed by atoms with Gasteiger partial charge in [0.2, 0.25) is 53.4 Å². The number of aliphatic hydroxyl groups excluding tert-OH is 6. The fourth-order valence-corrected chi connectivity index (χ4v) is 12.9. The van der Waals surface area contributed by atoms with Crippen LogP contribution in [0.3, 0.4) is 0 Å². The number of aromatic hydroxyl groups is 3. The fourth-order valence-electron chi connectivity index (χ4n) is 12.5. The van der Waals surface area contributed by atoms with Crippen LogP contribution in [0.2, 0.25) is 10.0 Å². The van der Waals surface area contributed by atoms with Crippen molar-refractivity contribution in [3.8, 4) is 57.1 Å². The maximum Gasteiger partial charge on any atom is 0.330 e. The number of ether oxygens (including phenoxy) is 6. The minimum Gasteiger partial charge on any atom is -0.508 e. The Morgan fingerprint density at radius 1 is 0.725 bits per heavy atom. The van der Waals surface area contributed by atoms with Crippen molar-refractivity contribution in [2.24, 2.45) is 11.5 Å². The molecule has 18 atom stereocenters. The van der Waals surface area contributed by atoms with Crippen LogP contribution in [0.5, 0.6) is 46.0 Å². The zero-order valence-electron chi connectivity index (χ0n) is 54.7. The molecule has 11 bridgehead atoms. The second-order valence-electron chi connectivity index (χ2n) is 26.1. The van der Waals surface area contributed by atoms with E-state index in [-0.39, 0.29) is 35.3 Å². The van der Waals surface area contributed by atoms with Gasteiger partial charge in [0.1, 0.15) is 89.5 Å². The number of primary amides is 1. The predicted octanol–water partition coefficient (Wildman–Crippen LogP) is -0.779. The Kier molecular flexibility index (Phi) is 22.2. The van der Waals surface area contributed by atoms with Crippen molar-refractivity contribution in [3.05, 3.63) is 117 Å². The number of amides is 7. The molecule has 0 radical (unpaired) electrons. The summed E-state index contributed by atoms with van der Waals surface area (Å²) in [6, 6.07) is -1.39. The molecule has 12 rings (SSSR count). The summed E-state index contributed by atoms with van der Waals surface area (Å²) in [5, 5.41) is 141. The van der Waals surface area contributed by atoms with E-state index in [9.17, 15) is 80.1 Å². The van der Waals surface area contributed by atoms with E-state index in [1.807, 2.05) is 0 Å². The van der Waals surface area contributed by atoms with E-state index >= 15 is 14.4 Å². The van der Waals surface area contributed by atoms with Gasteiger partial charge in [-0.25, -0.2) is 4.79 Å². The average Bonchev–Trinajstić information content (AvgIpc) is 0.768. The van der Waals surface area contributed by atoms with Crippen LogP contribution in [-0.2, 0) is 52.6 Å². The highest BCUT2D eigenvalue weighted by molar-refractivity contribution is 6.32. The zero-order valence-corrected chi connectivity index (χ0v) is 56.2. The zero-order chi connectivity index (χ0) is 74.5. The first-order valence-corrected chi connectivity index (χ1v) is 32.4. The van der Waals surface area contributed by atoms with Crippen molar-refractivity contribution in [1.29, 1.82) is 0 Å². The molecule has 0 aliphatic carbocycles. The standard InChI is InChI=1S/C66H75Cl2N9O25/c1-23-56(87)66(4,70)21-43(97-23)101-55-53(86)52(85)41(22-78)100-64(55)102-54-39-15-27-16-40(54)99-38-11-8-26(14-32(38)68)51(84)49-62(93)75-47(63(94)95)30-17-28(79)18-36(81)44(30)29-12-24(6-9-35(29)80)45(59(90)77-49)74-60(91)46(27)73-57(88)33(19-42(69)82)72-61(92)48(76-58(89)34(71-5)20-65(2,3)96)50(83)25-7-10-37(98-39)31(67)13-25/h6-18,23,33-34,41,43,45-53,55-56,64,71,78-81,83-87,96H,19-22,70H2,1-5H3,(H2,69,82)(H,72,92)(H,73,88)(H,74,91)(H,75,93)(H,76,89)(H,77,90)(H,94,95)/t23-,33-,34+,41+,43-,45+,46+,47-,48+,49-,50+,51+,52+,53-,55+,56+,64-,66-/m0/s1. The van der Waals surface area contributed by atoms with E-state index in [2.05, 4.69) is 37.2 Å². The van der Waals surface area contributed by atoms with Gasteiger partial charge in [0.05, 0.1) is 46.9 Å². The van der Waals surface area contributed by atoms with Crippen molar-refractivity contribution in [3.63, 3.8) is 0 Å². The third-order valence-corrected chi connectivity index (χ3v) is 18.4. The molecule has 7 heterocycles. The average molecular weight is 1470 g/mol. The molecule has 5 aromatic carbocycles. The normalized spacial score (nSPS) is 29.4. The number of fused-ring (bicyclic) bond motifs is 15. The highest BCUT2D eigenvalue weighted by Crippen LogP contribution is 2.50. The molecule has 0 unspecified atom stereocenters. The van der Waals surface area contributed by atoms with Crippen LogP contribution in [0.15, 0.2) is 78.9 Å². The number of phenolic OH excluding ortho intramolecular Hbond substituents is 3. The number of halogens is 2. The number of likely N-dealkylation sites (N-methyl/N-ethyl adjacent to an activating group) is 1. The van der Waals surface area contributed by atoms with Gasteiger partial charge in [-0.15, -0.1) is 0 Å². The lowest BCUT2D eigenvalue weighted by Gasteiger charge is -2.47. The lowest BCUT2D eigenvalue weighted by Crippen LogP contribution is -2.64. The van der Waals surface area contributed by atoms with E-state index < -0.39 is 248 Å². The van der Waals surface area contributed by atoms with Gasteiger partial charge in [0, 0.05) is 34.7 Å². The number of benzene rings is 5. The molecule has 7 aliphatic rings. The van der Waals surface area contributed by atoms with Crippen LogP contribution in [0.1, 0.15) is 105 Å². The monoisotopic (exact) mass is 1460 g/mol. The summed E-state index contributed by atoms with van der Waals surface area (Å²) in [5.41, 5.74) is 6.35. The van der Waals surface area contributed by atoms with Gasteiger partial charge in [0.15, 0.2) is 29.9 Å². The van der Waals surface area contributed by atoms with Gasteiger partial charge >= 0.3 is 5.97 Å². The number of nitrogens with one attached hydrogen (secondary N) is 7. The third kappa shape index (κ3) is 16.0. The van der Waals surface area contributed by atoms with Crippen LogP contribution in [0, 0.1) is 0 Å². The van der Waals surface area contributed by atoms with Crippen molar-refractivity contribution < 1.29 is 123 Å². The Balaban J connectivity index is 1.24. The van der Waals surface area contributed by atoms with Crippen LogP contribution >= 0.6 is 23.2 Å². The number of carboxylic acid groups (broad SMARTS) is 1. The molecular weight excluding hydrogens is 1390 g/mol. The molecule has 7 amide bonds. The molecule has 36 heteroatoms. The Morgan fingerprint density at radius 3 is 1.90 bits per heavy atom. The summed E-state index contributed by atoms with van der Waals surface area (Å²) >= 11 is 14.1. The van der Waals surface area contributed by atoms with Gasteiger partial charge in [0.25, 0.3) is 0 Å². The first-order chi connectivity index (χ1) is 47.9. The van der Waals surface area contributed by atoms with Crippen molar-refractivity contribution >= 4 is 70.5 Å². The first kappa shape index (κ1) is 75.4. The maximum absolute atomic E-state index is 16.0. The van der Waals surface area contributed by atoms with E-state index in [4.69, 9.17) is 63.1 Å². The van der Waals surface area contributed by atoms with E-state index in [0.717, 1.165) is 72.8 Å². The Morgan fingerprint density at radius 2 is 1.32 bits per heavy atom. The summed E-state index contributed by atoms with van der Waals surface area (Å²) in [5.74, 6) is -16.4. The van der Waals surface area contributed by atoms with Crippen molar-refractivity contribution in [2.75, 3.05) is 13.7 Å². The molecule has 2 saturated heterocycles. The van der Waals surface area contributed by atoms with Crippen LogP contribution in [0.25, 0.3) is 11.1 Å². The van der Waals surface area contributed by atoms with Gasteiger partial charge in [-0.1, -0.05) is 41.4 Å². The molecular formula is C66H75Cl2N9O25. The topological polar surface area (TPSA) is 551 Å². The van der Waals surface area contributed by atoms with Gasteiger partial charge in [-0.05, 0) is 118 Å². The second kappa shape index (κ2) is 30.0. The smallest absolute Gasteiger partial charge is 0.330 e. The van der Waals surface area contributed by atoms with E-state index in [1.54, 1.807) is 0 Å². The van der Waals surface area contributed by atoms with Crippen LogP contribution in [0.4, 0.5) is 0 Å². The number of nitrogens with two attached hydrogens (primary N) is 2. The minimum absolute atomic E-state index is 0.214. The first-order valence-electron chi connectivity index (χ1n) is 31.6. The predicted molar refractivity (Wildman–Crippen MR) is 351 cm³/mol. The van der Waals surface area contributed by atoms with Crippen LogP contribution < -0.4 is 62.9 Å². The highest BCUT2D eigenvalue weighted by Gasteiger charge is 2.52. The molecule has 0 saturated carbocycles. The number of aliphatic hydroxyl groups is 7. The van der Waals surface area contributed by atoms with Crippen molar-refractivity contribution in [2.45, 2.75) is 162 Å². The van der Waals surface area contributed by atoms with Gasteiger partial charge in [-0.2, -0.15) is 0 Å². The largest absolute Gasteiger partial charge is 0.508 e. The number of phenols is 3. The highest BCUT2D eigenvalue weighted by atomic mass is 35.5. The molecule has 22 N–H and O–H groups in total. The Labute approximate surface area is 589 Å². The second-order valence-corrected chi connectivity index (χ2v) is 26.9. The molecule has 0 aromatic heterocycles. The number of carbonyl (C=O) groups is 8. The third-order valence-electron chi connectivity index (χ3n) is 17.8. The Bertz CT molecular complexity index is 4130. The molecule has 2 fully saturated rings. The summed E-state index contributed by atoms with van der Waals surface area (Å²) in [4.78, 5) is 117. The van der Waals surface area contributed by atoms with Crippen LogP contribution in [-0.4, -0.2) is 202 Å². The maximum atomic E-state index is 16.0. The minimum atomic E-state index is -2.37. The van der Waals surface area contributed by atoms with E-state index in [0.29, 0.717) is 0 Å². The number of carboxylic acids is 1. The molecule has 5 aromatic rings. The molecule has 7 aliphatic heterocycles. The van der Waals surface area contributed by atoms with E-state index in [1.165, 1.54) is 40.8 Å². The number of hydrogen-bond acceptors (Lipinski definition) is 26. The number of hydrogen-bond donors (Lipinski definition) is 20. The molecule has 0 spiro atoms. The SMILES string of the molecule is CN[C@H](CC(C)(C)O)C(=O)N[C@H]1C(=O)N[C@@H](CC(N)=O)C(=O)N[C@H]2C(=O)N[C@H]3C(=O)N[C@H](C(=O)N[C@H](C(=O)O)c4cc(O)cc(O)c4-c4cc3ccc4O)[C@H](O)c3ccc(c(Cl)c3)Oc3cc2cc(c3O[C@@H]2O[C@H](CO)[C@@H](O)[C@H](O)[C@H]2O[C@H]2C[C@](C)(N)[C@H](O)[C@H](C)O2)Oc2ccc(cc2Cl)[C@H]1O. The van der Waals surface area contributed by atoms with Crippen molar-refractivity contribution in [1.82, 2.24) is 37.2 Å². The molecule has 548 valence electrons. The number of rotatable bonds is 13. The summed E-state index contributed by atoms with van der Waals surface area (Å²) < 4.78 is 38.2. The summed E-state index contributed by atoms with van der Waals surface area (Å²) in [6.45, 7) is 4.79. The molecule has 102 heavy (non-hydrogen) atoms. The Hall–Kier alpha value is -9.24. The lowest BCUT2D eigenvalue weighted by atomic mass is 9.86. The quantitative estimate of drug-likeness (QED) is 0.0687.